The van der Waals surface area contributed by atoms with Crippen molar-refractivity contribution in [3.8, 4) is 22.4 Å². The Morgan fingerprint density at radius 1 is 0.923 bits per heavy atom. The molecule has 0 aliphatic rings. The molecule has 0 saturated carbocycles. The molecule has 0 unspecified atom stereocenters. The van der Waals surface area contributed by atoms with Crippen molar-refractivity contribution >= 4 is 17.2 Å². The molecule has 0 spiro atoms. The quantitative estimate of drug-likeness (QED) is 0.545. The van der Waals surface area contributed by atoms with Crippen molar-refractivity contribution in [2.75, 3.05) is 0 Å². The van der Waals surface area contributed by atoms with Crippen molar-refractivity contribution in [3.05, 3.63) is 83.1 Å². The van der Waals surface area contributed by atoms with Crippen LogP contribution in [0.4, 0.5) is 8.78 Å². The summed E-state index contributed by atoms with van der Waals surface area (Å²) in [7, 11) is 0. The van der Waals surface area contributed by atoms with Crippen LogP contribution in [-0.4, -0.2) is 14.5 Å². The molecule has 4 aromatic rings. The van der Waals surface area contributed by atoms with Crippen LogP contribution in [0.15, 0.2) is 60.9 Å². The monoisotopic (exact) mass is 370 g/mol. The molecular weight excluding hydrogens is 358 g/mol. The summed E-state index contributed by atoms with van der Waals surface area (Å²) in [5.74, 6) is -1.52. The Hall–Kier alpha value is -2.76. The number of nitrogens with zero attached hydrogens (tertiary/aromatic N) is 2. The van der Waals surface area contributed by atoms with Gasteiger partial charge in [0, 0.05) is 39.7 Å². The first kappa shape index (κ1) is 16.7. The number of hydrogen-bond acceptors (Lipinski definition) is 2. The maximum Gasteiger partial charge on any atom is 0.139 e. The van der Waals surface area contributed by atoms with Crippen LogP contribution in [-0.2, 0) is 6.61 Å². The lowest BCUT2D eigenvalue weighted by atomic mass is 10.0. The average molecular weight is 371 g/mol. The van der Waals surface area contributed by atoms with Crippen LogP contribution in [0, 0.1) is 11.6 Å². The van der Waals surface area contributed by atoms with Gasteiger partial charge < -0.3 is 9.51 Å². The van der Waals surface area contributed by atoms with Crippen molar-refractivity contribution < 1.29 is 13.9 Å². The van der Waals surface area contributed by atoms with Gasteiger partial charge in [0.15, 0.2) is 0 Å². The second-order valence-corrected chi connectivity index (χ2v) is 6.30. The number of pyridine rings is 1. The van der Waals surface area contributed by atoms with E-state index in [4.69, 9.17) is 11.6 Å². The normalized spacial score (nSPS) is 11.2. The van der Waals surface area contributed by atoms with Gasteiger partial charge in [-0.1, -0.05) is 23.7 Å². The van der Waals surface area contributed by atoms with E-state index >= 15 is 0 Å². The molecule has 0 atom stereocenters. The highest BCUT2D eigenvalue weighted by atomic mass is 35.5. The van der Waals surface area contributed by atoms with Gasteiger partial charge in [0.25, 0.3) is 0 Å². The highest BCUT2D eigenvalue weighted by molar-refractivity contribution is 6.30. The van der Waals surface area contributed by atoms with E-state index in [0.717, 1.165) is 17.3 Å². The molecule has 4 rings (SSSR count). The third-order valence-electron chi connectivity index (χ3n) is 4.25. The molecule has 0 amide bonds. The Balaban J connectivity index is 1.80. The fourth-order valence-electron chi connectivity index (χ4n) is 2.88. The van der Waals surface area contributed by atoms with Gasteiger partial charge in [0.1, 0.15) is 17.3 Å². The molecule has 0 saturated heterocycles. The lowest BCUT2D eigenvalue weighted by Gasteiger charge is -2.08. The lowest BCUT2D eigenvalue weighted by molar-refractivity contribution is 0.269. The first-order chi connectivity index (χ1) is 12.6. The zero-order chi connectivity index (χ0) is 18.3. The molecule has 3 nitrogen and oxygen atoms in total. The van der Waals surface area contributed by atoms with Gasteiger partial charge in [-0.3, -0.25) is 0 Å². The van der Waals surface area contributed by atoms with Crippen molar-refractivity contribution in [3.63, 3.8) is 0 Å². The molecule has 0 fully saturated rings. The third-order valence-corrected chi connectivity index (χ3v) is 4.50. The Morgan fingerprint density at radius 3 is 2.38 bits per heavy atom. The first-order valence-electron chi connectivity index (χ1n) is 7.89. The van der Waals surface area contributed by atoms with Gasteiger partial charge in [0.2, 0.25) is 0 Å². The average Bonchev–Trinajstić information content (AvgIpc) is 3.06. The minimum Gasteiger partial charge on any atom is -0.391 e. The summed E-state index contributed by atoms with van der Waals surface area (Å²) >= 11 is 5.91. The van der Waals surface area contributed by atoms with Gasteiger partial charge in [-0.2, -0.15) is 0 Å². The molecule has 0 bridgehead atoms. The van der Waals surface area contributed by atoms with Crippen LogP contribution in [0.2, 0.25) is 5.02 Å². The lowest BCUT2D eigenvalue weighted by Crippen LogP contribution is -1.98. The number of hydrogen-bond donors (Lipinski definition) is 1. The minimum atomic E-state index is -0.762. The predicted molar refractivity (Wildman–Crippen MR) is 96.9 cm³/mol. The smallest absolute Gasteiger partial charge is 0.139 e. The van der Waals surface area contributed by atoms with Gasteiger partial charge in [0.05, 0.1) is 12.3 Å². The summed E-state index contributed by atoms with van der Waals surface area (Å²) in [5.41, 5.74) is 2.81. The standard InChI is InChI=1S/C20H13ClF2N2O/c21-14-4-1-12(2-5-14)18-10-25-9-13(3-8-19(25)24-18)15-6-7-17(22)16(11-26)20(15)23/h1-10,26H,11H2. The molecule has 26 heavy (non-hydrogen) atoms. The Morgan fingerprint density at radius 2 is 1.65 bits per heavy atom. The van der Waals surface area contributed by atoms with Gasteiger partial charge in [-0.15, -0.1) is 0 Å². The van der Waals surface area contributed by atoms with Crippen molar-refractivity contribution in [2.24, 2.45) is 0 Å². The van der Waals surface area contributed by atoms with Crippen molar-refractivity contribution in [2.45, 2.75) is 6.61 Å². The van der Waals surface area contributed by atoms with Crippen LogP contribution >= 0.6 is 11.6 Å². The third kappa shape index (κ3) is 2.85. The number of halogens is 3. The van der Waals surface area contributed by atoms with Crippen LogP contribution in [0.1, 0.15) is 5.56 Å². The van der Waals surface area contributed by atoms with E-state index in [1.54, 1.807) is 34.9 Å². The molecular formula is C20H13ClF2N2O. The molecule has 2 aromatic carbocycles. The molecule has 2 heterocycles. The second kappa shape index (κ2) is 6.52. The fourth-order valence-corrected chi connectivity index (χ4v) is 3.00. The largest absolute Gasteiger partial charge is 0.391 e. The zero-order valence-electron chi connectivity index (χ0n) is 13.5. The van der Waals surface area contributed by atoms with E-state index in [1.165, 1.54) is 6.07 Å². The summed E-state index contributed by atoms with van der Waals surface area (Å²) in [6.07, 6.45) is 3.55. The topological polar surface area (TPSA) is 37.5 Å². The Kier molecular flexibility index (Phi) is 4.18. The highest BCUT2D eigenvalue weighted by Gasteiger charge is 2.15. The minimum absolute atomic E-state index is 0.221. The van der Waals surface area contributed by atoms with E-state index in [9.17, 15) is 13.9 Å². The fraction of sp³-hybridized carbons (Fsp3) is 0.0500. The summed E-state index contributed by atoms with van der Waals surface area (Å²) < 4.78 is 29.9. The second-order valence-electron chi connectivity index (χ2n) is 5.86. The van der Waals surface area contributed by atoms with Crippen molar-refractivity contribution in [1.29, 1.82) is 0 Å². The molecule has 0 aliphatic heterocycles. The van der Waals surface area contributed by atoms with Gasteiger partial charge in [-0.05, 0) is 36.4 Å². The molecule has 0 aliphatic carbocycles. The molecule has 0 radical (unpaired) electrons. The maximum atomic E-state index is 14.5. The van der Waals surface area contributed by atoms with Gasteiger partial charge in [-0.25, -0.2) is 13.8 Å². The number of aliphatic hydroxyl groups excluding tert-OH is 1. The van der Waals surface area contributed by atoms with E-state index in [-0.39, 0.29) is 11.1 Å². The molecule has 1 N–H and O–H groups in total. The SMILES string of the molecule is OCc1c(F)ccc(-c2ccc3nc(-c4ccc(Cl)cc4)cn3c2)c1F. The summed E-state index contributed by atoms with van der Waals surface area (Å²) in [6.45, 7) is -0.695. The number of benzene rings is 2. The maximum absolute atomic E-state index is 14.5. The number of rotatable bonds is 3. The summed E-state index contributed by atoms with van der Waals surface area (Å²) in [5, 5.41) is 9.83. The number of imidazole rings is 1. The molecule has 6 heteroatoms. The van der Waals surface area contributed by atoms with Crippen molar-refractivity contribution in [1.82, 2.24) is 9.38 Å². The number of aliphatic hydroxyl groups is 1. The number of aromatic nitrogens is 2. The predicted octanol–water partition coefficient (Wildman–Crippen LogP) is 5.09. The number of fused-ring (bicyclic) bond motifs is 1. The Bertz CT molecular complexity index is 1110. The summed E-state index contributed by atoms with van der Waals surface area (Å²) in [6, 6.07) is 13.3. The first-order valence-corrected chi connectivity index (χ1v) is 8.27. The van der Waals surface area contributed by atoms with Crippen LogP contribution < -0.4 is 0 Å². The van der Waals surface area contributed by atoms with Crippen LogP contribution in [0.5, 0.6) is 0 Å². The summed E-state index contributed by atoms with van der Waals surface area (Å²) in [4.78, 5) is 4.54. The van der Waals surface area contributed by atoms with E-state index < -0.39 is 18.2 Å². The zero-order valence-corrected chi connectivity index (χ0v) is 14.2. The van der Waals surface area contributed by atoms with E-state index in [0.29, 0.717) is 16.2 Å². The highest BCUT2D eigenvalue weighted by Crippen LogP contribution is 2.28. The van der Waals surface area contributed by atoms with E-state index in [2.05, 4.69) is 4.98 Å². The van der Waals surface area contributed by atoms with Gasteiger partial charge >= 0.3 is 0 Å². The van der Waals surface area contributed by atoms with E-state index in [1.807, 2.05) is 18.3 Å². The van der Waals surface area contributed by atoms with Crippen LogP contribution in [0.25, 0.3) is 28.0 Å². The Labute approximate surface area is 153 Å². The van der Waals surface area contributed by atoms with Crippen LogP contribution in [0.3, 0.4) is 0 Å². The molecule has 2 aromatic heterocycles. The molecule has 130 valence electrons.